The molecule has 0 amide bonds. The topological polar surface area (TPSA) is 0 Å². The molecule has 0 saturated heterocycles. The van der Waals surface area contributed by atoms with Gasteiger partial charge in [-0.2, -0.15) is 0 Å². The SMILES string of the molecule is C=C[Si](C)(C)c1ccc2ccc([Si](C)(C)C=C)cc2c1. The van der Waals surface area contributed by atoms with Crippen molar-refractivity contribution in [3.05, 3.63) is 61.0 Å². The number of hydrogen-bond donors (Lipinski definition) is 0. The lowest BCUT2D eigenvalue weighted by atomic mass is 10.1. The van der Waals surface area contributed by atoms with Gasteiger partial charge in [0.2, 0.25) is 0 Å². The van der Waals surface area contributed by atoms with Crippen LogP contribution in [0.3, 0.4) is 0 Å². The highest BCUT2D eigenvalue weighted by molar-refractivity contribution is 6.94. The fourth-order valence-electron chi connectivity index (χ4n) is 2.28. The van der Waals surface area contributed by atoms with Crippen LogP contribution in [0.15, 0.2) is 61.0 Å². The molecule has 2 rings (SSSR count). The highest BCUT2D eigenvalue weighted by Gasteiger charge is 2.21. The van der Waals surface area contributed by atoms with E-state index in [9.17, 15) is 0 Å². The molecule has 0 fully saturated rings. The normalized spacial score (nSPS) is 12.4. The van der Waals surface area contributed by atoms with Crippen LogP contribution in [0, 0.1) is 0 Å². The highest BCUT2D eigenvalue weighted by atomic mass is 28.3. The number of hydrogen-bond acceptors (Lipinski definition) is 0. The molecule has 0 radical (unpaired) electrons. The van der Waals surface area contributed by atoms with E-state index in [-0.39, 0.29) is 0 Å². The van der Waals surface area contributed by atoms with Crippen LogP contribution >= 0.6 is 0 Å². The van der Waals surface area contributed by atoms with Crippen LogP contribution in [0.25, 0.3) is 10.8 Å². The van der Waals surface area contributed by atoms with E-state index in [0.29, 0.717) is 0 Å². The zero-order valence-corrected chi connectivity index (χ0v) is 15.0. The van der Waals surface area contributed by atoms with Gasteiger partial charge < -0.3 is 0 Å². The molecule has 0 aliphatic heterocycles. The molecule has 0 bridgehead atoms. The van der Waals surface area contributed by atoms with Crippen molar-refractivity contribution in [2.75, 3.05) is 0 Å². The van der Waals surface area contributed by atoms with Gasteiger partial charge >= 0.3 is 0 Å². The molecule has 0 nitrogen and oxygen atoms in total. The minimum Gasteiger partial charge on any atom is -0.107 e. The molecular formula is C18H24Si2. The third-order valence-corrected chi connectivity index (χ3v) is 9.99. The molecular weight excluding hydrogens is 272 g/mol. The van der Waals surface area contributed by atoms with Crippen molar-refractivity contribution < 1.29 is 0 Å². The van der Waals surface area contributed by atoms with Crippen LogP contribution in [-0.2, 0) is 0 Å². The van der Waals surface area contributed by atoms with Crippen LogP contribution < -0.4 is 10.4 Å². The van der Waals surface area contributed by atoms with E-state index in [1.54, 1.807) is 0 Å². The molecule has 20 heavy (non-hydrogen) atoms. The van der Waals surface area contributed by atoms with Crippen molar-refractivity contribution in [3.63, 3.8) is 0 Å². The first-order chi connectivity index (χ1) is 9.30. The van der Waals surface area contributed by atoms with E-state index in [0.717, 1.165) is 0 Å². The second-order valence-electron chi connectivity index (χ2n) is 6.63. The molecule has 0 N–H and O–H groups in total. The van der Waals surface area contributed by atoms with E-state index in [1.807, 2.05) is 0 Å². The Kier molecular flexibility index (Phi) is 3.89. The predicted molar refractivity (Wildman–Crippen MR) is 98.6 cm³/mol. The summed E-state index contributed by atoms with van der Waals surface area (Å²) < 4.78 is 0. The van der Waals surface area contributed by atoms with Gasteiger partial charge in [-0.25, -0.2) is 0 Å². The van der Waals surface area contributed by atoms with Crippen molar-refractivity contribution in [1.29, 1.82) is 0 Å². The lowest BCUT2D eigenvalue weighted by molar-refractivity contribution is 1.73. The lowest BCUT2D eigenvalue weighted by Crippen LogP contribution is -2.40. The second-order valence-corrected chi connectivity index (χ2v) is 15.5. The molecule has 0 atom stereocenters. The Morgan fingerprint density at radius 1 is 0.700 bits per heavy atom. The molecule has 0 aliphatic rings. The standard InChI is InChI=1S/C18H24Si2/c1-7-19(3,4)17-11-9-15-10-12-18(14-16(15)13-17)20(5,6)8-2/h7-14H,1-2H2,3-6H3. The van der Waals surface area contributed by atoms with Crippen LogP contribution in [0.1, 0.15) is 0 Å². The maximum Gasteiger partial charge on any atom is 0.103 e. The van der Waals surface area contributed by atoms with Crippen LogP contribution in [-0.4, -0.2) is 16.1 Å². The van der Waals surface area contributed by atoms with Crippen molar-refractivity contribution in [2.45, 2.75) is 26.2 Å². The van der Waals surface area contributed by atoms with E-state index < -0.39 is 16.1 Å². The molecule has 0 heterocycles. The van der Waals surface area contributed by atoms with Gasteiger partial charge in [0.15, 0.2) is 0 Å². The first kappa shape index (κ1) is 15.0. The van der Waals surface area contributed by atoms with Crippen LogP contribution in [0.2, 0.25) is 26.2 Å². The van der Waals surface area contributed by atoms with Gasteiger partial charge in [-0.3, -0.25) is 0 Å². The monoisotopic (exact) mass is 296 g/mol. The molecule has 0 saturated carbocycles. The van der Waals surface area contributed by atoms with Crippen molar-refractivity contribution in [2.24, 2.45) is 0 Å². The summed E-state index contributed by atoms with van der Waals surface area (Å²) >= 11 is 0. The minimum absolute atomic E-state index is 1.32. The Morgan fingerprint density at radius 2 is 1.10 bits per heavy atom. The zero-order chi connectivity index (χ0) is 15.0. The molecule has 0 aliphatic carbocycles. The summed E-state index contributed by atoms with van der Waals surface area (Å²) in [6.07, 6.45) is 0. The van der Waals surface area contributed by atoms with E-state index in [2.05, 4.69) is 87.1 Å². The smallest absolute Gasteiger partial charge is 0.103 e. The summed E-state index contributed by atoms with van der Waals surface area (Å²) in [7, 11) is -2.97. The average Bonchev–Trinajstić information content (AvgIpc) is 2.46. The van der Waals surface area contributed by atoms with Crippen LogP contribution in [0.5, 0.6) is 0 Å². The molecule has 104 valence electrons. The minimum atomic E-state index is -1.49. The molecule has 2 aromatic rings. The summed E-state index contributed by atoms with van der Waals surface area (Å²) in [4.78, 5) is 0. The van der Waals surface area contributed by atoms with E-state index in [4.69, 9.17) is 0 Å². The molecule has 0 unspecified atom stereocenters. The lowest BCUT2D eigenvalue weighted by Gasteiger charge is -2.21. The summed E-state index contributed by atoms with van der Waals surface area (Å²) in [6.45, 7) is 17.4. The Balaban J connectivity index is 2.61. The van der Waals surface area contributed by atoms with Gasteiger partial charge in [-0.1, -0.05) is 84.4 Å². The first-order valence-corrected chi connectivity index (χ1v) is 13.3. The quantitative estimate of drug-likeness (QED) is 0.745. The Labute approximate surface area is 124 Å². The predicted octanol–water partition coefficient (Wildman–Crippen LogP) is 4.12. The van der Waals surface area contributed by atoms with Crippen molar-refractivity contribution >= 4 is 37.3 Å². The maximum atomic E-state index is 4.01. The summed E-state index contributed by atoms with van der Waals surface area (Å²) in [6, 6.07) is 13.8. The van der Waals surface area contributed by atoms with Gasteiger partial charge in [0.25, 0.3) is 0 Å². The summed E-state index contributed by atoms with van der Waals surface area (Å²) in [5.74, 6) is 0. The van der Waals surface area contributed by atoms with Gasteiger partial charge in [0, 0.05) is 0 Å². The fraction of sp³-hybridized carbons (Fsp3) is 0.222. The Hall–Kier alpha value is -1.39. The zero-order valence-electron chi connectivity index (χ0n) is 13.0. The fourth-order valence-corrected chi connectivity index (χ4v) is 4.84. The summed E-state index contributed by atoms with van der Waals surface area (Å²) in [5, 5.41) is 5.58. The largest absolute Gasteiger partial charge is 0.107 e. The van der Waals surface area contributed by atoms with Gasteiger partial charge in [-0.05, 0) is 10.8 Å². The highest BCUT2D eigenvalue weighted by Crippen LogP contribution is 2.16. The Bertz CT molecular complexity index is 611. The molecule has 2 aromatic carbocycles. The summed E-state index contributed by atoms with van der Waals surface area (Å²) in [5.41, 5.74) is 4.31. The first-order valence-electron chi connectivity index (χ1n) is 7.12. The van der Waals surface area contributed by atoms with E-state index in [1.165, 1.54) is 21.1 Å². The Morgan fingerprint density at radius 3 is 1.45 bits per heavy atom. The second kappa shape index (κ2) is 5.19. The molecule has 0 aromatic heterocycles. The number of fused-ring (bicyclic) bond motifs is 1. The van der Waals surface area contributed by atoms with Gasteiger partial charge in [0.1, 0.15) is 16.1 Å². The van der Waals surface area contributed by atoms with E-state index >= 15 is 0 Å². The van der Waals surface area contributed by atoms with Crippen molar-refractivity contribution in [3.8, 4) is 0 Å². The van der Waals surface area contributed by atoms with Gasteiger partial charge in [0.05, 0.1) is 0 Å². The van der Waals surface area contributed by atoms with Crippen molar-refractivity contribution in [1.82, 2.24) is 0 Å². The third-order valence-electron chi connectivity index (χ3n) is 4.35. The average molecular weight is 297 g/mol. The maximum absolute atomic E-state index is 4.01. The molecule has 2 heteroatoms. The molecule has 0 spiro atoms. The number of rotatable bonds is 4. The van der Waals surface area contributed by atoms with Gasteiger partial charge in [-0.15, -0.1) is 13.2 Å². The third kappa shape index (κ3) is 2.72. The van der Waals surface area contributed by atoms with Crippen LogP contribution in [0.4, 0.5) is 0 Å². The number of benzene rings is 2.